The van der Waals surface area contributed by atoms with E-state index in [2.05, 4.69) is 25.7 Å². The summed E-state index contributed by atoms with van der Waals surface area (Å²) in [5.74, 6) is 0.439. The minimum Gasteiger partial charge on any atom is -0.327 e. The monoisotopic (exact) mass is 151 g/mol. The topological polar surface area (TPSA) is 26.0 Å². The highest BCUT2D eigenvalue weighted by atomic mass is 14.6. The molecule has 0 aromatic rings. The number of hydrogen-bond donors (Lipinski definition) is 1. The fourth-order valence-corrected chi connectivity index (χ4v) is 1.53. The van der Waals surface area contributed by atoms with Gasteiger partial charge in [-0.2, -0.15) is 0 Å². The van der Waals surface area contributed by atoms with Crippen molar-refractivity contribution in [2.75, 3.05) is 0 Å². The highest BCUT2D eigenvalue weighted by Gasteiger charge is 2.18. The van der Waals surface area contributed by atoms with E-state index in [1.807, 2.05) is 0 Å². The molecule has 0 aromatic carbocycles. The zero-order valence-corrected chi connectivity index (χ0v) is 7.22. The van der Waals surface area contributed by atoms with Gasteiger partial charge in [0.15, 0.2) is 0 Å². The van der Waals surface area contributed by atoms with E-state index in [1.165, 1.54) is 5.57 Å². The molecule has 0 amide bonds. The van der Waals surface area contributed by atoms with Crippen molar-refractivity contribution < 1.29 is 0 Å². The predicted molar refractivity (Wildman–Crippen MR) is 49.3 cm³/mol. The molecule has 1 aliphatic rings. The summed E-state index contributed by atoms with van der Waals surface area (Å²) in [5.41, 5.74) is 7.22. The lowest BCUT2D eigenvalue weighted by Crippen LogP contribution is -2.31. The quantitative estimate of drug-likeness (QED) is 0.602. The summed E-state index contributed by atoms with van der Waals surface area (Å²) in [6.45, 7) is 6.15. The first-order chi connectivity index (χ1) is 5.25. The van der Waals surface area contributed by atoms with Gasteiger partial charge in [-0.25, -0.2) is 0 Å². The molecule has 0 radical (unpaired) electrons. The lowest BCUT2D eigenvalue weighted by Gasteiger charge is -2.25. The van der Waals surface area contributed by atoms with Crippen LogP contribution in [0.15, 0.2) is 24.3 Å². The molecule has 1 nitrogen and oxygen atoms in total. The smallest absolute Gasteiger partial charge is 0.0142 e. The summed E-state index contributed by atoms with van der Waals surface area (Å²) < 4.78 is 0. The molecule has 62 valence electrons. The molecule has 2 atom stereocenters. The summed E-state index contributed by atoms with van der Waals surface area (Å²) in [4.78, 5) is 0. The first-order valence-electron chi connectivity index (χ1n) is 4.35. The fourth-order valence-electron chi connectivity index (χ4n) is 1.53. The van der Waals surface area contributed by atoms with Crippen molar-refractivity contribution in [3.8, 4) is 0 Å². The van der Waals surface area contributed by atoms with E-state index in [9.17, 15) is 0 Å². The highest BCUT2D eigenvalue weighted by Crippen LogP contribution is 2.23. The fraction of sp³-hybridized carbons (Fsp3) is 0.600. The summed E-state index contributed by atoms with van der Waals surface area (Å²) in [6.07, 6.45) is 7.71. The lowest BCUT2D eigenvalue weighted by atomic mass is 9.85. The molecule has 0 saturated heterocycles. The third-order valence-corrected chi connectivity index (χ3v) is 2.40. The third-order valence-electron chi connectivity index (χ3n) is 2.40. The molecule has 0 aromatic heterocycles. The van der Waals surface area contributed by atoms with E-state index in [4.69, 9.17) is 5.73 Å². The van der Waals surface area contributed by atoms with Crippen LogP contribution in [0.3, 0.4) is 0 Å². The molecular formula is C10H17N. The van der Waals surface area contributed by atoms with Gasteiger partial charge < -0.3 is 5.73 Å². The molecule has 0 saturated carbocycles. The van der Waals surface area contributed by atoms with Crippen molar-refractivity contribution in [3.05, 3.63) is 24.3 Å². The van der Waals surface area contributed by atoms with Crippen molar-refractivity contribution >= 4 is 0 Å². The Morgan fingerprint density at radius 3 is 3.00 bits per heavy atom. The average Bonchev–Trinajstić information content (AvgIpc) is 2.04. The molecule has 0 bridgehead atoms. The second-order valence-electron chi connectivity index (χ2n) is 3.21. The Bertz CT molecular complexity index is 170. The molecule has 1 heteroatoms. The Hall–Kier alpha value is -0.560. The van der Waals surface area contributed by atoms with Crippen LogP contribution >= 0.6 is 0 Å². The lowest BCUT2D eigenvalue weighted by molar-refractivity contribution is 0.498. The van der Waals surface area contributed by atoms with Gasteiger partial charge in [-0.3, -0.25) is 0 Å². The molecule has 1 rings (SSSR count). The van der Waals surface area contributed by atoms with Gasteiger partial charge in [-0.15, -0.1) is 0 Å². The average molecular weight is 151 g/mol. The van der Waals surface area contributed by atoms with Gasteiger partial charge in [0.25, 0.3) is 0 Å². The van der Waals surface area contributed by atoms with Gasteiger partial charge in [-0.05, 0) is 19.3 Å². The van der Waals surface area contributed by atoms with Gasteiger partial charge >= 0.3 is 0 Å². The molecule has 2 unspecified atom stereocenters. The molecule has 1 aliphatic carbocycles. The van der Waals surface area contributed by atoms with Gasteiger partial charge in [0, 0.05) is 12.0 Å². The third kappa shape index (κ3) is 1.93. The van der Waals surface area contributed by atoms with Crippen LogP contribution < -0.4 is 5.73 Å². The van der Waals surface area contributed by atoms with Gasteiger partial charge in [-0.1, -0.05) is 31.2 Å². The largest absolute Gasteiger partial charge is 0.327 e. The van der Waals surface area contributed by atoms with Crippen LogP contribution in [0, 0.1) is 5.92 Å². The zero-order valence-electron chi connectivity index (χ0n) is 7.22. The van der Waals surface area contributed by atoms with E-state index in [0.29, 0.717) is 12.0 Å². The Labute approximate surface area is 69.0 Å². The number of allylic oxidation sites excluding steroid dienone is 1. The van der Waals surface area contributed by atoms with Crippen LogP contribution in [0.4, 0.5) is 0 Å². The Balaban J connectivity index is 2.61. The molecule has 0 heterocycles. The second kappa shape index (κ2) is 3.72. The maximum absolute atomic E-state index is 5.94. The minimum atomic E-state index is 0.312. The van der Waals surface area contributed by atoms with E-state index in [1.54, 1.807) is 0 Å². The molecule has 0 spiro atoms. The van der Waals surface area contributed by atoms with E-state index in [-0.39, 0.29) is 0 Å². The van der Waals surface area contributed by atoms with Gasteiger partial charge in [0.1, 0.15) is 0 Å². The maximum Gasteiger partial charge on any atom is 0.0142 e. The van der Waals surface area contributed by atoms with E-state index < -0.39 is 0 Å². The predicted octanol–water partition coefficient (Wildman–Crippen LogP) is 2.25. The second-order valence-corrected chi connectivity index (χ2v) is 3.21. The molecule has 0 aliphatic heterocycles. The summed E-state index contributed by atoms with van der Waals surface area (Å²) in [5, 5.41) is 0. The summed E-state index contributed by atoms with van der Waals surface area (Å²) in [7, 11) is 0. The van der Waals surface area contributed by atoms with Crippen LogP contribution in [0.25, 0.3) is 0 Å². The van der Waals surface area contributed by atoms with Crippen LogP contribution in [0.2, 0.25) is 0 Å². The van der Waals surface area contributed by atoms with Crippen molar-refractivity contribution in [2.45, 2.75) is 32.2 Å². The van der Waals surface area contributed by atoms with Gasteiger partial charge in [0.2, 0.25) is 0 Å². The van der Waals surface area contributed by atoms with Crippen LogP contribution in [0.1, 0.15) is 26.2 Å². The highest BCUT2D eigenvalue weighted by molar-refractivity contribution is 5.15. The molecule has 2 N–H and O–H groups in total. The van der Waals surface area contributed by atoms with E-state index in [0.717, 1.165) is 19.3 Å². The first-order valence-corrected chi connectivity index (χ1v) is 4.35. The van der Waals surface area contributed by atoms with Crippen LogP contribution in [-0.4, -0.2) is 6.04 Å². The molecular weight excluding hydrogens is 134 g/mol. The van der Waals surface area contributed by atoms with Crippen LogP contribution in [-0.2, 0) is 0 Å². The van der Waals surface area contributed by atoms with Crippen molar-refractivity contribution in [2.24, 2.45) is 11.7 Å². The van der Waals surface area contributed by atoms with Crippen molar-refractivity contribution in [1.29, 1.82) is 0 Å². The number of hydrogen-bond acceptors (Lipinski definition) is 1. The standard InChI is InChI=1S/C10H17N/c1-3-8(2)9-6-4-5-7-10(9)11/h4,6,9-10H,2-3,5,7,11H2,1H3. The maximum atomic E-state index is 5.94. The number of nitrogens with two attached hydrogens (primary N) is 1. The summed E-state index contributed by atoms with van der Waals surface area (Å²) in [6, 6.07) is 0.312. The zero-order chi connectivity index (χ0) is 8.27. The number of rotatable bonds is 2. The van der Waals surface area contributed by atoms with Crippen molar-refractivity contribution in [3.63, 3.8) is 0 Å². The SMILES string of the molecule is C=C(CC)C1C=CCCC1N. The van der Waals surface area contributed by atoms with Crippen molar-refractivity contribution in [1.82, 2.24) is 0 Å². The Morgan fingerprint density at radius 2 is 2.45 bits per heavy atom. The Morgan fingerprint density at radius 1 is 1.73 bits per heavy atom. The first kappa shape index (κ1) is 8.54. The Kier molecular flexibility index (Phi) is 2.89. The molecule has 11 heavy (non-hydrogen) atoms. The van der Waals surface area contributed by atoms with Gasteiger partial charge in [0.05, 0.1) is 0 Å². The van der Waals surface area contributed by atoms with E-state index >= 15 is 0 Å². The summed E-state index contributed by atoms with van der Waals surface area (Å²) >= 11 is 0. The minimum absolute atomic E-state index is 0.312. The van der Waals surface area contributed by atoms with Crippen LogP contribution in [0.5, 0.6) is 0 Å². The normalized spacial score (nSPS) is 30.4. The molecule has 0 fully saturated rings.